The predicted octanol–water partition coefficient (Wildman–Crippen LogP) is 9.19. The highest BCUT2D eigenvalue weighted by Crippen LogP contribution is 2.42. The van der Waals surface area contributed by atoms with Gasteiger partial charge >= 0.3 is 6.09 Å². The van der Waals surface area contributed by atoms with Gasteiger partial charge in [0.1, 0.15) is 23.9 Å². The molecule has 2 N–H and O–H groups in total. The normalized spacial score (nSPS) is 12.5. The second kappa shape index (κ2) is 12.5. The monoisotopic (exact) mass is 629 g/mol. The zero-order valence-electron chi connectivity index (χ0n) is 24.5. The Morgan fingerprint density at radius 3 is 2.33 bits per heavy atom. The van der Waals surface area contributed by atoms with Crippen molar-refractivity contribution in [2.24, 2.45) is 5.92 Å². The zero-order chi connectivity index (χ0) is 29.9. The Balaban J connectivity index is 1.61. The maximum absolute atomic E-state index is 12.8. The highest BCUT2D eigenvalue weighted by atomic mass is 79.9. The van der Waals surface area contributed by atoms with Gasteiger partial charge in [-0.15, -0.1) is 0 Å². The minimum atomic E-state index is -0.633. The van der Waals surface area contributed by atoms with Crippen molar-refractivity contribution in [3.63, 3.8) is 0 Å². The number of aromatic amines is 1. The van der Waals surface area contributed by atoms with Gasteiger partial charge in [0.05, 0.1) is 17.8 Å². The minimum Gasteiger partial charge on any atom is -0.444 e. The lowest BCUT2D eigenvalue weighted by Crippen LogP contribution is -2.37. The summed E-state index contributed by atoms with van der Waals surface area (Å²) in [7, 11) is 0. The third-order valence-corrected chi connectivity index (χ3v) is 7.41. The summed E-state index contributed by atoms with van der Waals surface area (Å²) in [4.78, 5) is 21.4. The molecule has 0 bridgehead atoms. The van der Waals surface area contributed by atoms with E-state index >= 15 is 0 Å². The maximum Gasteiger partial charge on any atom is 0.408 e. The number of halogens is 1. The highest BCUT2D eigenvalue weighted by molar-refractivity contribution is 9.10. The first kappa shape index (κ1) is 29.6. The topological polar surface area (TPSA) is 89.4 Å². The lowest BCUT2D eigenvalue weighted by atomic mass is 10.00. The van der Waals surface area contributed by atoms with E-state index in [4.69, 9.17) is 18.9 Å². The van der Waals surface area contributed by atoms with E-state index in [1.807, 2.05) is 95.3 Å². The summed E-state index contributed by atoms with van der Waals surface area (Å²) in [5, 5.41) is 4.02. The molecular weight excluding hydrogens is 594 g/mol. The first-order chi connectivity index (χ1) is 20.1. The quantitative estimate of drug-likeness (QED) is 0.170. The maximum atomic E-state index is 12.8. The smallest absolute Gasteiger partial charge is 0.408 e. The van der Waals surface area contributed by atoms with Crippen LogP contribution in [0.3, 0.4) is 0 Å². The van der Waals surface area contributed by atoms with Gasteiger partial charge in [0.25, 0.3) is 0 Å². The molecule has 0 aliphatic carbocycles. The van der Waals surface area contributed by atoms with Crippen LogP contribution in [0.15, 0.2) is 87.8 Å². The van der Waals surface area contributed by atoms with E-state index in [9.17, 15) is 4.79 Å². The third-order valence-electron chi connectivity index (χ3n) is 6.75. The number of nitrogens with one attached hydrogen (secondary N) is 2. The second-order valence-corrected chi connectivity index (χ2v) is 12.4. The molecule has 1 atom stereocenters. The summed E-state index contributed by atoms with van der Waals surface area (Å²) in [6.45, 7) is 10.1. The van der Waals surface area contributed by atoms with Gasteiger partial charge in [-0.2, -0.15) is 0 Å². The van der Waals surface area contributed by atoms with E-state index in [2.05, 4.69) is 44.4 Å². The first-order valence-electron chi connectivity index (χ1n) is 14.1. The largest absolute Gasteiger partial charge is 0.444 e. The van der Waals surface area contributed by atoms with Crippen LogP contribution in [0.5, 0.6) is 0 Å². The van der Waals surface area contributed by atoms with Gasteiger partial charge in [-0.1, -0.05) is 86.6 Å². The van der Waals surface area contributed by atoms with Crippen molar-refractivity contribution in [1.29, 1.82) is 0 Å². The molecule has 42 heavy (non-hydrogen) atoms. The molecule has 0 spiro atoms. The van der Waals surface area contributed by atoms with Gasteiger partial charge in [-0.25, -0.2) is 9.78 Å². The van der Waals surface area contributed by atoms with Crippen molar-refractivity contribution in [2.75, 3.05) is 0 Å². The van der Waals surface area contributed by atoms with Crippen molar-refractivity contribution in [3.8, 4) is 22.5 Å². The number of hydrogen-bond acceptors (Lipinski definition) is 5. The summed E-state index contributed by atoms with van der Waals surface area (Å²) in [6, 6.07) is 25.8. The number of carbonyl (C=O) groups excluding carboxylic acids is 1. The predicted molar refractivity (Wildman–Crippen MR) is 169 cm³/mol. The number of para-hydroxylation sites is 1. The molecule has 7 nitrogen and oxygen atoms in total. The van der Waals surface area contributed by atoms with Crippen LogP contribution >= 0.6 is 15.9 Å². The molecule has 3 aromatic carbocycles. The molecule has 0 saturated carbocycles. The van der Waals surface area contributed by atoms with Crippen LogP contribution in [0.2, 0.25) is 0 Å². The van der Waals surface area contributed by atoms with Gasteiger partial charge in [0, 0.05) is 15.4 Å². The molecule has 1 amide bonds. The fourth-order valence-electron chi connectivity index (χ4n) is 4.84. The average Bonchev–Trinajstić information content (AvgIpc) is 3.54. The van der Waals surface area contributed by atoms with Crippen LogP contribution in [0.1, 0.15) is 57.9 Å². The Bertz CT molecular complexity index is 1650. The number of hydrogen-bond donors (Lipinski definition) is 2. The van der Waals surface area contributed by atoms with Crippen molar-refractivity contribution in [3.05, 3.63) is 101 Å². The van der Waals surface area contributed by atoms with Gasteiger partial charge in [-0.05, 0) is 59.8 Å². The number of rotatable bonds is 9. The number of nitrogens with zero attached hydrogens (tertiary/aromatic N) is 1. The zero-order valence-corrected chi connectivity index (χ0v) is 26.1. The summed E-state index contributed by atoms with van der Waals surface area (Å²) in [5.74, 6) is 0.936. The molecule has 2 heterocycles. The number of fused-ring (bicyclic) bond motifs is 1. The van der Waals surface area contributed by atoms with E-state index in [0.29, 0.717) is 24.0 Å². The number of oxazole rings is 1. The second-order valence-electron chi connectivity index (χ2n) is 11.6. The average molecular weight is 631 g/mol. The van der Waals surface area contributed by atoms with Crippen molar-refractivity contribution >= 4 is 32.9 Å². The molecule has 0 aliphatic heterocycles. The Morgan fingerprint density at radius 2 is 1.67 bits per heavy atom. The fourth-order valence-corrected chi connectivity index (χ4v) is 5.31. The highest BCUT2D eigenvalue weighted by Gasteiger charge is 2.30. The summed E-state index contributed by atoms with van der Waals surface area (Å²) < 4.78 is 19.1. The van der Waals surface area contributed by atoms with E-state index in [0.717, 1.165) is 37.8 Å². The van der Waals surface area contributed by atoms with Crippen molar-refractivity contribution in [1.82, 2.24) is 15.3 Å². The van der Waals surface area contributed by atoms with E-state index in [1.54, 1.807) is 0 Å². The molecule has 8 heteroatoms. The Morgan fingerprint density at radius 1 is 0.976 bits per heavy atom. The van der Waals surface area contributed by atoms with E-state index in [-0.39, 0.29) is 12.5 Å². The van der Waals surface area contributed by atoms with Gasteiger partial charge in [0.15, 0.2) is 5.76 Å². The van der Waals surface area contributed by atoms with Crippen LogP contribution < -0.4 is 5.32 Å². The van der Waals surface area contributed by atoms with Crippen LogP contribution in [0.4, 0.5) is 4.79 Å². The van der Waals surface area contributed by atoms with E-state index < -0.39 is 17.7 Å². The molecule has 218 valence electrons. The molecule has 5 rings (SSSR count). The minimum absolute atomic E-state index is 0.0208. The molecule has 0 radical (unpaired) electrons. The van der Waals surface area contributed by atoms with Crippen LogP contribution in [-0.4, -0.2) is 21.7 Å². The molecule has 0 aliphatic rings. The third kappa shape index (κ3) is 6.77. The van der Waals surface area contributed by atoms with E-state index in [1.165, 1.54) is 0 Å². The molecule has 0 fully saturated rings. The molecule has 5 aromatic rings. The number of H-pyrrole nitrogens is 1. The van der Waals surface area contributed by atoms with Crippen LogP contribution in [0.25, 0.3) is 33.4 Å². The lowest BCUT2D eigenvalue weighted by molar-refractivity contribution is 0.0475. The molecule has 0 unspecified atom stereocenters. The number of ether oxygens (including phenoxy) is 2. The number of carbonyl (C=O) groups is 1. The standard InChI is InChI=1S/C34H36BrN3O4/c1-21(2)28(38-33(39)42-34(3,4)5)32-37-30(26(41-32)20-40-19-22-13-8-6-9-14-22)31-27(23-15-10-7-11-16-23)24-17-12-18-25(35)29(24)36-31/h6-18,21,28,36H,19-20H2,1-5H3,(H,38,39)/t28-/m0/s1. The van der Waals surface area contributed by atoms with Crippen molar-refractivity contribution < 1.29 is 18.7 Å². The van der Waals surface area contributed by atoms with Crippen LogP contribution in [-0.2, 0) is 22.7 Å². The molecule has 0 saturated heterocycles. The SMILES string of the molecule is CC(C)[C@H](NC(=O)OC(C)(C)C)c1nc(-c2[nH]c3c(Br)cccc3c2-c2ccccc2)c(COCc2ccccc2)o1. The van der Waals surface area contributed by atoms with Gasteiger partial charge < -0.3 is 24.2 Å². The molecular formula is C34H36BrN3O4. The van der Waals surface area contributed by atoms with Crippen LogP contribution in [0, 0.1) is 5.92 Å². The number of aromatic nitrogens is 2. The Labute approximate surface area is 254 Å². The Hall–Kier alpha value is -3.88. The number of alkyl carbamates (subject to hydrolysis) is 1. The number of amides is 1. The van der Waals surface area contributed by atoms with Gasteiger partial charge in [0.2, 0.25) is 5.89 Å². The lowest BCUT2D eigenvalue weighted by Gasteiger charge is -2.24. The Kier molecular flexibility index (Phi) is 8.85. The summed E-state index contributed by atoms with van der Waals surface area (Å²) in [6.07, 6.45) is -0.526. The summed E-state index contributed by atoms with van der Waals surface area (Å²) >= 11 is 3.71. The molecule has 2 aromatic heterocycles. The van der Waals surface area contributed by atoms with Crippen molar-refractivity contribution in [2.45, 2.75) is 59.5 Å². The first-order valence-corrected chi connectivity index (χ1v) is 14.9. The fraction of sp³-hybridized carbons (Fsp3) is 0.294. The van der Waals surface area contributed by atoms with Gasteiger partial charge in [-0.3, -0.25) is 0 Å². The summed E-state index contributed by atoms with van der Waals surface area (Å²) in [5.41, 5.74) is 4.89. The number of benzene rings is 3.